The van der Waals surface area contributed by atoms with Crippen molar-refractivity contribution in [1.29, 1.82) is 0 Å². The van der Waals surface area contributed by atoms with Crippen LogP contribution in [0.3, 0.4) is 0 Å². The normalized spacial score (nSPS) is 12.7. The largest absolute Gasteiger partial charge is 0.481 e. The number of aliphatic carboxylic acids is 1. The highest BCUT2D eigenvalue weighted by Crippen LogP contribution is 2.13. The van der Waals surface area contributed by atoms with Gasteiger partial charge in [-0.15, -0.1) is 0 Å². The number of benzene rings is 1. The number of carboxylic acid groups (broad SMARTS) is 2. The maximum absolute atomic E-state index is 10.9. The maximum Gasteiger partial charge on any atom is 0.335 e. The third-order valence-corrected chi connectivity index (χ3v) is 3.22. The fourth-order valence-corrected chi connectivity index (χ4v) is 1.93. The highest BCUT2D eigenvalue weighted by atomic mass is 16.4. The third kappa shape index (κ3) is 4.66. The first-order valence-electron chi connectivity index (χ1n) is 6.60. The Kier molecular flexibility index (Phi) is 5.70. The average Bonchev–Trinajstić information content (AvgIpc) is 2.37. The number of carboxylic acids is 2. The molecule has 2 N–H and O–H groups in total. The van der Waals surface area contributed by atoms with E-state index in [-0.39, 0.29) is 11.6 Å². The van der Waals surface area contributed by atoms with E-state index in [0.29, 0.717) is 13.1 Å². The van der Waals surface area contributed by atoms with Crippen LogP contribution in [0.15, 0.2) is 24.3 Å². The Bertz CT molecular complexity index is 485. The zero-order valence-electron chi connectivity index (χ0n) is 12.0. The van der Waals surface area contributed by atoms with Crippen LogP contribution in [-0.2, 0) is 11.3 Å². The fraction of sp³-hybridized carbons (Fsp3) is 0.467. The molecule has 1 aromatic carbocycles. The number of carbonyl (C=O) groups is 2. The molecule has 0 saturated carbocycles. The summed E-state index contributed by atoms with van der Waals surface area (Å²) in [5.41, 5.74) is 1.12. The van der Waals surface area contributed by atoms with Crippen molar-refractivity contribution in [1.82, 2.24) is 4.90 Å². The summed E-state index contributed by atoms with van der Waals surface area (Å²) in [6, 6.07) is 6.92. The molecule has 5 nitrogen and oxygen atoms in total. The van der Waals surface area contributed by atoms with E-state index in [1.807, 2.05) is 24.8 Å². The van der Waals surface area contributed by atoms with Crippen LogP contribution in [0.1, 0.15) is 36.7 Å². The molecule has 1 aromatic rings. The summed E-state index contributed by atoms with van der Waals surface area (Å²) >= 11 is 0. The molecule has 1 unspecified atom stereocenters. The van der Waals surface area contributed by atoms with Gasteiger partial charge in [-0.1, -0.05) is 19.1 Å². The summed E-state index contributed by atoms with van der Waals surface area (Å²) in [7, 11) is 0. The van der Waals surface area contributed by atoms with Gasteiger partial charge in [0.2, 0.25) is 0 Å². The van der Waals surface area contributed by atoms with Gasteiger partial charge in [0.05, 0.1) is 11.5 Å². The Labute approximate surface area is 118 Å². The van der Waals surface area contributed by atoms with Crippen LogP contribution in [0.4, 0.5) is 0 Å². The zero-order chi connectivity index (χ0) is 15.3. The van der Waals surface area contributed by atoms with E-state index < -0.39 is 17.9 Å². The summed E-state index contributed by atoms with van der Waals surface area (Å²) < 4.78 is 0. The quantitative estimate of drug-likeness (QED) is 0.801. The second-order valence-corrected chi connectivity index (χ2v) is 5.27. The number of hydrogen-bond acceptors (Lipinski definition) is 3. The van der Waals surface area contributed by atoms with E-state index >= 15 is 0 Å². The van der Waals surface area contributed by atoms with Crippen LogP contribution >= 0.6 is 0 Å². The van der Waals surface area contributed by atoms with Crippen molar-refractivity contribution in [3.8, 4) is 0 Å². The van der Waals surface area contributed by atoms with Gasteiger partial charge in [0.1, 0.15) is 0 Å². The molecule has 0 aliphatic heterocycles. The van der Waals surface area contributed by atoms with E-state index in [0.717, 1.165) is 5.56 Å². The predicted molar refractivity (Wildman–Crippen MR) is 75.7 cm³/mol. The first-order valence-corrected chi connectivity index (χ1v) is 6.60. The highest BCUT2D eigenvalue weighted by Gasteiger charge is 2.18. The van der Waals surface area contributed by atoms with Crippen LogP contribution in [-0.4, -0.2) is 39.6 Å². The Morgan fingerprint density at radius 1 is 1.20 bits per heavy atom. The number of rotatable bonds is 7. The van der Waals surface area contributed by atoms with Crippen LogP contribution in [0.5, 0.6) is 0 Å². The van der Waals surface area contributed by atoms with Gasteiger partial charge in [-0.05, 0) is 31.5 Å². The molecule has 0 radical (unpaired) electrons. The molecule has 1 atom stereocenters. The van der Waals surface area contributed by atoms with E-state index in [1.165, 1.54) is 0 Å². The SMILES string of the molecule is CC(CN(Cc1cccc(C(=O)O)c1)C(C)C)C(=O)O. The number of aromatic carboxylic acids is 1. The smallest absolute Gasteiger partial charge is 0.335 e. The Hall–Kier alpha value is -1.88. The van der Waals surface area contributed by atoms with Crippen LogP contribution in [0, 0.1) is 5.92 Å². The molecule has 0 aromatic heterocycles. The molecule has 0 saturated heterocycles. The molecule has 0 spiro atoms. The van der Waals surface area contributed by atoms with Gasteiger partial charge in [-0.25, -0.2) is 4.79 Å². The molecule has 0 bridgehead atoms. The molecule has 0 amide bonds. The Morgan fingerprint density at radius 3 is 2.35 bits per heavy atom. The van der Waals surface area contributed by atoms with E-state index in [1.54, 1.807) is 25.1 Å². The summed E-state index contributed by atoms with van der Waals surface area (Å²) in [5.74, 6) is -2.24. The molecule has 5 heteroatoms. The van der Waals surface area contributed by atoms with Gasteiger partial charge in [0, 0.05) is 19.1 Å². The summed E-state index contributed by atoms with van der Waals surface area (Å²) in [6.07, 6.45) is 0. The lowest BCUT2D eigenvalue weighted by Gasteiger charge is -2.28. The highest BCUT2D eigenvalue weighted by molar-refractivity contribution is 5.87. The minimum absolute atomic E-state index is 0.185. The predicted octanol–water partition coefficient (Wildman–Crippen LogP) is 2.32. The molecule has 0 fully saturated rings. The standard InChI is InChI=1S/C15H21NO4/c1-10(2)16(8-11(3)14(17)18)9-12-5-4-6-13(7-12)15(19)20/h4-7,10-11H,8-9H2,1-3H3,(H,17,18)(H,19,20). The second kappa shape index (κ2) is 7.05. The van der Waals surface area contributed by atoms with Gasteiger partial charge in [-0.2, -0.15) is 0 Å². The van der Waals surface area contributed by atoms with Crippen molar-refractivity contribution in [2.24, 2.45) is 5.92 Å². The molecular formula is C15H21NO4. The topological polar surface area (TPSA) is 77.8 Å². The number of nitrogens with zero attached hydrogens (tertiary/aromatic N) is 1. The van der Waals surface area contributed by atoms with Crippen molar-refractivity contribution >= 4 is 11.9 Å². The summed E-state index contributed by atoms with van der Waals surface area (Å²) in [4.78, 5) is 23.9. The molecule has 0 aliphatic carbocycles. The second-order valence-electron chi connectivity index (χ2n) is 5.27. The molecule has 20 heavy (non-hydrogen) atoms. The Morgan fingerprint density at radius 2 is 1.85 bits per heavy atom. The monoisotopic (exact) mass is 279 g/mol. The first kappa shape index (κ1) is 16.2. The summed E-state index contributed by atoms with van der Waals surface area (Å²) in [6.45, 7) is 6.64. The van der Waals surface area contributed by atoms with Crippen LogP contribution in [0.2, 0.25) is 0 Å². The summed E-state index contributed by atoms with van der Waals surface area (Å²) in [5, 5.41) is 18.0. The molecular weight excluding hydrogens is 258 g/mol. The lowest BCUT2D eigenvalue weighted by Crippen LogP contribution is -2.36. The van der Waals surface area contributed by atoms with Crippen molar-refractivity contribution in [2.45, 2.75) is 33.4 Å². The minimum atomic E-state index is -0.957. The fourth-order valence-electron chi connectivity index (χ4n) is 1.93. The zero-order valence-corrected chi connectivity index (χ0v) is 12.0. The molecule has 110 valence electrons. The van der Waals surface area contributed by atoms with E-state index in [4.69, 9.17) is 10.2 Å². The van der Waals surface area contributed by atoms with Gasteiger partial charge in [-0.3, -0.25) is 9.69 Å². The molecule has 1 rings (SSSR count). The number of hydrogen-bond donors (Lipinski definition) is 2. The Balaban J connectivity index is 2.82. The lowest BCUT2D eigenvalue weighted by atomic mass is 10.1. The lowest BCUT2D eigenvalue weighted by molar-refractivity contribution is -0.141. The van der Waals surface area contributed by atoms with E-state index in [2.05, 4.69) is 0 Å². The van der Waals surface area contributed by atoms with Crippen LogP contribution in [0.25, 0.3) is 0 Å². The van der Waals surface area contributed by atoms with Gasteiger partial charge >= 0.3 is 11.9 Å². The van der Waals surface area contributed by atoms with Gasteiger partial charge < -0.3 is 10.2 Å². The third-order valence-electron chi connectivity index (χ3n) is 3.22. The van der Waals surface area contributed by atoms with Gasteiger partial charge in [0.25, 0.3) is 0 Å². The van der Waals surface area contributed by atoms with Crippen molar-refractivity contribution < 1.29 is 19.8 Å². The van der Waals surface area contributed by atoms with Crippen molar-refractivity contribution in [3.05, 3.63) is 35.4 Å². The molecule has 0 aliphatic rings. The van der Waals surface area contributed by atoms with Crippen molar-refractivity contribution in [3.63, 3.8) is 0 Å². The first-order chi connectivity index (χ1) is 9.31. The average molecular weight is 279 g/mol. The van der Waals surface area contributed by atoms with Crippen LogP contribution < -0.4 is 0 Å². The molecule has 0 heterocycles. The van der Waals surface area contributed by atoms with E-state index in [9.17, 15) is 9.59 Å². The van der Waals surface area contributed by atoms with Gasteiger partial charge in [0.15, 0.2) is 0 Å². The maximum atomic E-state index is 10.9. The minimum Gasteiger partial charge on any atom is -0.481 e. The van der Waals surface area contributed by atoms with Crippen molar-refractivity contribution in [2.75, 3.05) is 6.54 Å².